The van der Waals surface area contributed by atoms with E-state index in [2.05, 4.69) is 23.5 Å². The van der Waals surface area contributed by atoms with Gasteiger partial charge in [-0.1, -0.05) is 29.3 Å². The van der Waals surface area contributed by atoms with Crippen molar-refractivity contribution < 1.29 is 19.8 Å². The number of carboxylic acids is 2. The number of pyridine rings is 1. The van der Waals surface area contributed by atoms with Crippen molar-refractivity contribution in [1.29, 1.82) is 0 Å². The lowest BCUT2D eigenvalue weighted by Crippen LogP contribution is -2.24. The minimum absolute atomic E-state index is 0.558. The third-order valence-corrected chi connectivity index (χ3v) is 5.29. The number of nitrogens with zero attached hydrogens (tertiary/aromatic N) is 1. The summed E-state index contributed by atoms with van der Waals surface area (Å²) in [5.74, 6) is -2.51. The zero-order valence-corrected chi connectivity index (χ0v) is 17.2. The Bertz CT molecular complexity index is 990. The number of carboxylic acid groups (broad SMARTS) is 2. The normalized spacial score (nSPS) is 15.5. The average molecular weight is 427 g/mol. The van der Waals surface area contributed by atoms with Crippen molar-refractivity contribution in [3.63, 3.8) is 0 Å². The summed E-state index contributed by atoms with van der Waals surface area (Å²) in [7, 11) is 0. The zero-order chi connectivity index (χ0) is 21.5. The fourth-order valence-corrected chi connectivity index (χ4v) is 3.95. The SMILES string of the molecule is Clc1ccc2c(c1)CCc1cccnc1C2=C1CCNCC1.O=C(O)/C=C\C(=O)O. The largest absolute Gasteiger partial charge is 0.478 e. The standard InChI is InChI=1S/C19H19ClN2.C4H4O4/c20-16-5-6-17-15(12-16)4-3-14-2-1-9-22-19(14)18(17)13-7-10-21-11-8-13;5-3(6)1-2-4(7)8/h1-2,5-6,9,12,21H,3-4,7-8,10-11H2;1-2H,(H,5,6)(H,7,8)/b;2-1-. The lowest BCUT2D eigenvalue weighted by atomic mass is 9.89. The summed E-state index contributed by atoms with van der Waals surface area (Å²) in [6, 6.07) is 10.6. The molecule has 6 nitrogen and oxygen atoms in total. The average Bonchev–Trinajstić information content (AvgIpc) is 2.90. The van der Waals surface area contributed by atoms with E-state index < -0.39 is 11.9 Å². The van der Waals surface area contributed by atoms with Gasteiger partial charge in [0.1, 0.15) is 0 Å². The van der Waals surface area contributed by atoms with Gasteiger partial charge >= 0.3 is 11.9 Å². The molecule has 156 valence electrons. The molecule has 1 aliphatic carbocycles. The van der Waals surface area contributed by atoms with Crippen LogP contribution in [0.4, 0.5) is 0 Å². The molecular formula is C23H23ClN2O4. The molecule has 2 aliphatic rings. The highest BCUT2D eigenvalue weighted by Gasteiger charge is 2.23. The molecule has 2 heterocycles. The first-order valence-electron chi connectivity index (χ1n) is 9.75. The Morgan fingerprint density at radius 3 is 2.30 bits per heavy atom. The van der Waals surface area contributed by atoms with E-state index >= 15 is 0 Å². The summed E-state index contributed by atoms with van der Waals surface area (Å²) in [4.78, 5) is 23.9. The second-order valence-corrected chi connectivity index (χ2v) is 7.49. The van der Waals surface area contributed by atoms with Crippen LogP contribution in [-0.2, 0) is 22.4 Å². The predicted octanol–water partition coefficient (Wildman–Crippen LogP) is 3.73. The first kappa shape index (κ1) is 21.7. The Labute approximate surface area is 179 Å². The molecule has 1 aromatic heterocycles. The molecule has 0 saturated carbocycles. The number of aryl methyl sites for hydroxylation is 2. The van der Waals surface area contributed by atoms with Gasteiger partial charge in [-0.3, -0.25) is 4.98 Å². The van der Waals surface area contributed by atoms with Crippen LogP contribution in [0.5, 0.6) is 0 Å². The maximum atomic E-state index is 9.55. The number of nitrogens with one attached hydrogen (secondary N) is 1. The number of aromatic nitrogens is 1. The second kappa shape index (κ2) is 10.2. The van der Waals surface area contributed by atoms with Crippen LogP contribution in [0.15, 0.2) is 54.3 Å². The van der Waals surface area contributed by atoms with Gasteiger partial charge in [-0.2, -0.15) is 0 Å². The van der Waals surface area contributed by atoms with Crippen LogP contribution < -0.4 is 5.32 Å². The minimum Gasteiger partial charge on any atom is -0.478 e. The number of halogens is 1. The van der Waals surface area contributed by atoms with Gasteiger partial charge in [-0.15, -0.1) is 0 Å². The van der Waals surface area contributed by atoms with Gasteiger partial charge < -0.3 is 15.5 Å². The van der Waals surface area contributed by atoms with Gasteiger partial charge in [0.15, 0.2) is 0 Å². The number of rotatable bonds is 2. The van der Waals surface area contributed by atoms with E-state index in [0.717, 1.165) is 43.8 Å². The second-order valence-electron chi connectivity index (χ2n) is 7.05. The highest BCUT2D eigenvalue weighted by molar-refractivity contribution is 6.30. The Balaban J connectivity index is 0.000000275. The molecule has 0 radical (unpaired) electrons. The molecule has 3 N–H and O–H groups in total. The molecule has 0 amide bonds. The van der Waals surface area contributed by atoms with Gasteiger partial charge in [0.2, 0.25) is 0 Å². The van der Waals surface area contributed by atoms with Crippen molar-refractivity contribution >= 4 is 29.1 Å². The van der Waals surface area contributed by atoms with Crippen molar-refractivity contribution in [2.24, 2.45) is 0 Å². The van der Waals surface area contributed by atoms with E-state index in [-0.39, 0.29) is 0 Å². The minimum atomic E-state index is -1.26. The molecule has 30 heavy (non-hydrogen) atoms. The highest BCUT2D eigenvalue weighted by atomic mass is 35.5. The van der Waals surface area contributed by atoms with Crippen molar-refractivity contribution in [2.75, 3.05) is 13.1 Å². The van der Waals surface area contributed by atoms with Gasteiger partial charge in [0.25, 0.3) is 0 Å². The number of piperidine rings is 1. The predicted molar refractivity (Wildman–Crippen MR) is 116 cm³/mol. The van der Waals surface area contributed by atoms with Crippen molar-refractivity contribution in [2.45, 2.75) is 25.7 Å². The Hall–Kier alpha value is -2.96. The van der Waals surface area contributed by atoms with E-state index in [4.69, 9.17) is 26.8 Å². The van der Waals surface area contributed by atoms with Crippen LogP contribution in [0.25, 0.3) is 5.57 Å². The van der Waals surface area contributed by atoms with Crippen LogP contribution >= 0.6 is 11.6 Å². The molecule has 0 bridgehead atoms. The first-order chi connectivity index (χ1) is 14.5. The van der Waals surface area contributed by atoms with Gasteiger partial charge in [-0.25, -0.2) is 9.59 Å². The number of hydrogen-bond acceptors (Lipinski definition) is 4. The maximum absolute atomic E-state index is 9.55. The molecule has 1 aliphatic heterocycles. The zero-order valence-electron chi connectivity index (χ0n) is 16.4. The monoisotopic (exact) mass is 426 g/mol. The smallest absolute Gasteiger partial charge is 0.328 e. The first-order valence-corrected chi connectivity index (χ1v) is 10.1. The highest BCUT2D eigenvalue weighted by Crippen LogP contribution is 2.37. The number of aliphatic carboxylic acids is 2. The summed E-state index contributed by atoms with van der Waals surface area (Å²) < 4.78 is 0. The fraction of sp³-hybridized carbons (Fsp3) is 0.261. The van der Waals surface area contributed by atoms with Gasteiger partial charge in [0, 0.05) is 28.9 Å². The van der Waals surface area contributed by atoms with Crippen molar-refractivity contribution in [3.05, 3.63) is 81.7 Å². The quantitative estimate of drug-likeness (QED) is 0.633. The van der Waals surface area contributed by atoms with E-state index in [9.17, 15) is 9.59 Å². The van der Waals surface area contributed by atoms with Gasteiger partial charge in [-0.05, 0) is 73.7 Å². The topological polar surface area (TPSA) is 99.5 Å². The Morgan fingerprint density at radius 1 is 0.967 bits per heavy atom. The summed E-state index contributed by atoms with van der Waals surface area (Å²) in [5, 5.41) is 19.9. The molecule has 1 aromatic carbocycles. The summed E-state index contributed by atoms with van der Waals surface area (Å²) in [6.07, 6.45) is 7.31. The molecule has 0 spiro atoms. The van der Waals surface area contributed by atoms with Crippen LogP contribution in [0, 0.1) is 0 Å². The molecule has 0 atom stereocenters. The van der Waals surface area contributed by atoms with Crippen LogP contribution in [0.3, 0.4) is 0 Å². The lowest BCUT2D eigenvalue weighted by molar-refractivity contribution is -0.134. The Morgan fingerprint density at radius 2 is 1.63 bits per heavy atom. The van der Waals surface area contributed by atoms with E-state index in [1.165, 1.54) is 33.5 Å². The summed E-state index contributed by atoms with van der Waals surface area (Å²) in [5.41, 5.74) is 8.12. The number of fused-ring (bicyclic) bond motifs is 2. The third kappa shape index (κ3) is 5.55. The molecule has 7 heteroatoms. The summed E-state index contributed by atoms with van der Waals surface area (Å²) >= 11 is 6.23. The molecule has 2 aromatic rings. The van der Waals surface area contributed by atoms with Crippen molar-refractivity contribution in [3.8, 4) is 0 Å². The van der Waals surface area contributed by atoms with Crippen LogP contribution in [0.1, 0.15) is 35.2 Å². The number of benzene rings is 1. The molecular weight excluding hydrogens is 404 g/mol. The summed E-state index contributed by atoms with van der Waals surface area (Å²) in [6.45, 7) is 2.12. The van der Waals surface area contributed by atoms with Crippen LogP contribution in [-0.4, -0.2) is 40.2 Å². The van der Waals surface area contributed by atoms with E-state index in [1.807, 2.05) is 18.3 Å². The molecule has 1 saturated heterocycles. The third-order valence-electron chi connectivity index (χ3n) is 5.06. The molecule has 1 fully saturated rings. The Kier molecular flexibility index (Phi) is 7.38. The van der Waals surface area contributed by atoms with Gasteiger partial charge in [0.05, 0.1) is 5.69 Å². The number of carbonyl (C=O) groups is 2. The molecule has 4 rings (SSSR count). The maximum Gasteiger partial charge on any atom is 0.328 e. The van der Waals surface area contributed by atoms with Crippen LogP contribution in [0.2, 0.25) is 5.02 Å². The molecule has 0 unspecified atom stereocenters. The van der Waals surface area contributed by atoms with Crippen molar-refractivity contribution in [1.82, 2.24) is 10.3 Å². The fourth-order valence-electron chi connectivity index (χ4n) is 3.75. The number of hydrogen-bond donors (Lipinski definition) is 3. The lowest BCUT2D eigenvalue weighted by Gasteiger charge is -2.21. The van der Waals surface area contributed by atoms with E-state index in [1.54, 1.807) is 0 Å². The van der Waals surface area contributed by atoms with E-state index in [0.29, 0.717) is 12.2 Å².